The highest BCUT2D eigenvalue weighted by atomic mass is 19.2. The third-order valence-electron chi connectivity index (χ3n) is 4.00. The minimum absolute atomic E-state index is 0.369. The number of rotatable bonds is 3. The van der Waals surface area contributed by atoms with Crippen LogP contribution in [0.2, 0.25) is 0 Å². The first-order valence-electron chi connectivity index (χ1n) is 7.44. The van der Waals surface area contributed by atoms with Crippen LogP contribution in [-0.2, 0) is 6.54 Å². The molecule has 3 rings (SSSR count). The van der Waals surface area contributed by atoms with Gasteiger partial charge in [0.25, 0.3) is 0 Å². The number of hydrogen-bond acceptors (Lipinski definition) is 4. The van der Waals surface area contributed by atoms with E-state index in [0.717, 1.165) is 6.07 Å². The van der Waals surface area contributed by atoms with E-state index in [0.29, 0.717) is 49.7 Å². The lowest BCUT2D eigenvalue weighted by molar-refractivity contribution is 0.245. The Morgan fingerprint density at radius 3 is 2.61 bits per heavy atom. The number of aromatic nitrogens is 1. The number of halogens is 2. The molecule has 1 aliphatic rings. The molecule has 0 unspecified atom stereocenters. The van der Waals surface area contributed by atoms with E-state index in [1.165, 1.54) is 6.07 Å². The summed E-state index contributed by atoms with van der Waals surface area (Å²) in [6, 6.07) is 9.90. The topological polar surface area (TPSA) is 43.2 Å². The average molecular weight is 314 g/mol. The second-order valence-corrected chi connectivity index (χ2v) is 5.46. The van der Waals surface area contributed by atoms with Crippen LogP contribution in [0.1, 0.15) is 11.1 Å². The molecule has 23 heavy (non-hydrogen) atoms. The van der Waals surface area contributed by atoms with E-state index in [9.17, 15) is 8.78 Å². The Labute approximate surface area is 133 Å². The lowest BCUT2D eigenvalue weighted by Gasteiger charge is -2.35. The van der Waals surface area contributed by atoms with Crippen LogP contribution in [0.15, 0.2) is 36.5 Å². The lowest BCUT2D eigenvalue weighted by Crippen LogP contribution is -2.46. The first-order valence-corrected chi connectivity index (χ1v) is 7.44. The Balaban J connectivity index is 1.65. The fourth-order valence-electron chi connectivity index (χ4n) is 2.77. The zero-order chi connectivity index (χ0) is 16.2. The van der Waals surface area contributed by atoms with Gasteiger partial charge in [-0.05, 0) is 18.2 Å². The van der Waals surface area contributed by atoms with Crippen molar-refractivity contribution >= 4 is 5.82 Å². The molecule has 1 saturated heterocycles. The maximum atomic E-state index is 13.7. The van der Waals surface area contributed by atoms with Crippen molar-refractivity contribution in [2.75, 3.05) is 31.1 Å². The van der Waals surface area contributed by atoms with E-state index in [4.69, 9.17) is 5.26 Å². The molecule has 2 heterocycles. The molecular weight excluding hydrogens is 298 g/mol. The first-order chi connectivity index (χ1) is 11.2. The van der Waals surface area contributed by atoms with Crippen molar-refractivity contribution < 1.29 is 8.78 Å². The van der Waals surface area contributed by atoms with Crippen LogP contribution in [0, 0.1) is 23.0 Å². The van der Waals surface area contributed by atoms with Crippen molar-refractivity contribution in [3.8, 4) is 6.07 Å². The van der Waals surface area contributed by atoms with Crippen LogP contribution in [0.25, 0.3) is 0 Å². The van der Waals surface area contributed by atoms with Gasteiger partial charge in [-0.3, -0.25) is 4.90 Å². The molecular formula is C17H16F2N4. The molecule has 0 amide bonds. The summed E-state index contributed by atoms with van der Waals surface area (Å²) >= 11 is 0. The summed E-state index contributed by atoms with van der Waals surface area (Å²) in [5.41, 5.74) is 0.922. The zero-order valence-electron chi connectivity index (χ0n) is 12.5. The minimum Gasteiger partial charge on any atom is -0.353 e. The van der Waals surface area contributed by atoms with Gasteiger partial charge < -0.3 is 4.90 Å². The van der Waals surface area contributed by atoms with Crippen LogP contribution in [0.5, 0.6) is 0 Å². The highest BCUT2D eigenvalue weighted by molar-refractivity contribution is 5.53. The van der Waals surface area contributed by atoms with Gasteiger partial charge >= 0.3 is 0 Å². The molecule has 6 heteroatoms. The minimum atomic E-state index is -0.812. The van der Waals surface area contributed by atoms with E-state index >= 15 is 0 Å². The fraction of sp³-hybridized carbons (Fsp3) is 0.294. The van der Waals surface area contributed by atoms with Crippen LogP contribution >= 0.6 is 0 Å². The van der Waals surface area contributed by atoms with Crippen molar-refractivity contribution in [1.29, 1.82) is 5.26 Å². The van der Waals surface area contributed by atoms with Crippen molar-refractivity contribution in [2.24, 2.45) is 0 Å². The van der Waals surface area contributed by atoms with Gasteiger partial charge in [-0.25, -0.2) is 13.8 Å². The summed E-state index contributed by atoms with van der Waals surface area (Å²) in [6.45, 7) is 3.19. The van der Waals surface area contributed by atoms with Gasteiger partial charge in [0.2, 0.25) is 0 Å². The number of anilines is 1. The first kappa shape index (κ1) is 15.4. The van der Waals surface area contributed by atoms with Crippen molar-refractivity contribution in [1.82, 2.24) is 9.88 Å². The van der Waals surface area contributed by atoms with E-state index < -0.39 is 11.6 Å². The number of hydrogen-bond donors (Lipinski definition) is 0. The molecule has 1 aliphatic heterocycles. The van der Waals surface area contributed by atoms with Gasteiger partial charge in [0.1, 0.15) is 11.9 Å². The maximum absolute atomic E-state index is 13.7. The molecule has 2 aromatic rings. The highest BCUT2D eigenvalue weighted by Crippen LogP contribution is 2.20. The molecule has 0 saturated carbocycles. The van der Waals surface area contributed by atoms with Crippen LogP contribution in [-0.4, -0.2) is 36.1 Å². The van der Waals surface area contributed by atoms with E-state index in [-0.39, 0.29) is 0 Å². The highest BCUT2D eigenvalue weighted by Gasteiger charge is 2.21. The Morgan fingerprint density at radius 2 is 1.87 bits per heavy atom. The van der Waals surface area contributed by atoms with E-state index in [1.807, 2.05) is 0 Å². The molecule has 0 aliphatic carbocycles. The summed E-state index contributed by atoms with van der Waals surface area (Å²) < 4.78 is 27.0. The second-order valence-electron chi connectivity index (χ2n) is 5.46. The van der Waals surface area contributed by atoms with Gasteiger partial charge in [-0.1, -0.05) is 12.1 Å². The summed E-state index contributed by atoms with van der Waals surface area (Å²) in [7, 11) is 0. The van der Waals surface area contributed by atoms with Gasteiger partial charge in [0, 0.05) is 44.5 Å². The third kappa shape index (κ3) is 3.30. The summed E-state index contributed by atoms with van der Waals surface area (Å²) in [4.78, 5) is 8.41. The van der Waals surface area contributed by atoms with Gasteiger partial charge in [-0.15, -0.1) is 0 Å². The molecule has 118 valence electrons. The average Bonchev–Trinajstić information content (AvgIpc) is 2.59. The predicted octanol–water partition coefficient (Wildman–Crippen LogP) is 2.55. The Bertz CT molecular complexity index is 734. The normalized spacial score (nSPS) is 15.4. The second kappa shape index (κ2) is 6.71. The van der Waals surface area contributed by atoms with Crippen LogP contribution in [0.4, 0.5) is 14.6 Å². The molecule has 1 fully saturated rings. The molecule has 0 N–H and O–H groups in total. The summed E-state index contributed by atoms with van der Waals surface area (Å²) in [6.07, 6.45) is 1.67. The molecule has 0 bridgehead atoms. The lowest BCUT2D eigenvalue weighted by atomic mass is 10.1. The molecule has 1 aromatic heterocycles. The van der Waals surface area contributed by atoms with Crippen molar-refractivity contribution in [3.63, 3.8) is 0 Å². The van der Waals surface area contributed by atoms with Crippen LogP contribution < -0.4 is 4.90 Å². The Hall–Kier alpha value is -2.52. The molecule has 4 nitrogen and oxygen atoms in total. The summed E-state index contributed by atoms with van der Waals surface area (Å²) in [5.74, 6) is -0.897. The molecule has 0 spiro atoms. The van der Waals surface area contributed by atoms with Crippen molar-refractivity contribution in [2.45, 2.75) is 6.54 Å². The van der Waals surface area contributed by atoms with E-state index in [1.54, 1.807) is 24.4 Å². The number of nitriles is 1. The number of benzene rings is 1. The SMILES string of the molecule is N#Cc1cccnc1N1CCN(Cc2cccc(F)c2F)CC1. The number of pyridine rings is 1. The standard InChI is InChI=1S/C17H16F2N4/c18-15-5-1-3-14(16(15)19)12-22-7-9-23(10-8-22)17-13(11-20)4-2-6-21-17/h1-6H,7-10,12H2. The summed E-state index contributed by atoms with van der Waals surface area (Å²) in [5, 5.41) is 9.15. The maximum Gasteiger partial charge on any atom is 0.163 e. The Kier molecular flexibility index (Phi) is 4.49. The number of piperazine rings is 1. The smallest absolute Gasteiger partial charge is 0.163 e. The predicted molar refractivity (Wildman–Crippen MR) is 82.8 cm³/mol. The Morgan fingerprint density at radius 1 is 1.09 bits per heavy atom. The van der Waals surface area contributed by atoms with Crippen molar-refractivity contribution in [3.05, 3.63) is 59.3 Å². The van der Waals surface area contributed by atoms with Gasteiger partial charge in [0.15, 0.2) is 11.6 Å². The van der Waals surface area contributed by atoms with Crippen LogP contribution in [0.3, 0.4) is 0 Å². The monoisotopic (exact) mass is 314 g/mol. The fourth-order valence-corrected chi connectivity index (χ4v) is 2.77. The molecule has 0 atom stereocenters. The van der Waals surface area contributed by atoms with Gasteiger partial charge in [0.05, 0.1) is 5.56 Å². The van der Waals surface area contributed by atoms with E-state index in [2.05, 4.69) is 20.9 Å². The van der Waals surface area contributed by atoms with Gasteiger partial charge in [-0.2, -0.15) is 5.26 Å². The molecule has 1 aromatic carbocycles. The largest absolute Gasteiger partial charge is 0.353 e. The quantitative estimate of drug-likeness (QED) is 0.873. The zero-order valence-corrected chi connectivity index (χ0v) is 12.5. The number of nitrogens with zero attached hydrogens (tertiary/aromatic N) is 4. The third-order valence-corrected chi connectivity index (χ3v) is 4.00. The molecule has 0 radical (unpaired) electrons.